The van der Waals surface area contributed by atoms with Crippen molar-refractivity contribution in [3.8, 4) is 5.75 Å². The van der Waals surface area contributed by atoms with Crippen LogP contribution in [0.25, 0.3) is 5.65 Å². The van der Waals surface area contributed by atoms with Gasteiger partial charge in [0, 0.05) is 25.5 Å². The molecule has 0 bridgehead atoms. The fourth-order valence-corrected chi connectivity index (χ4v) is 2.78. The number of nitrogens with zero attached hydrogens (tertiary/aromatic N) is 2. The number of carbonyl (C=O) groups excluding carboxylic acids is 1. The summed E-state index contributed by atoms with van der Waals surface area (Å²) in [6.45, 7) is 6.20. The van der Waals surface area contributed by atoms with E-state index in [1.54, 1.807) is 0 Å². The van der Waals surface area contributed by atoms with E-state index in [2.05, 4.69) is 15.6 Å². The van der Waals surface area contributed by atoms with Crippen LogP contribution < -0.4 is 15.4 Å². The zero-order valence-electron chi connectivity index (χ0n) is 15.9. The van der Waals surface area contributed by atoms with Gasteiger partial charge in [0.25, 0.3) is 0 Å². The van der Waals surface area contributed by atoms with Crippen LogP contribution in [0.15, 0.2) is 48.8 Å². The Morgan fingerprint density at radius 3 is 2.78 bits per heavy atom. The summed E-state index contributed by atoms with van der Waals surface area (Å²) in [7, 11) is 0. The molecule has 0 saturated carbocycles. The molecule has 6 heteroatoms. The first-order valence-corrected chi connectivity index (χ1v) is 9.28. The van der Waals surface area contributed by atoms with Crippen molar-refractivity contribution in [3.05, 3.63) is 65.6 Å². The summed E-state index contributed by atoms with van der Waals surface area (Å²) in [5.41, 5.74) is 4.10. The molecule has 0 fully saturated rings. The van der Waals surface area contributed by atoms with Crippen molar-refractivity contribution in [1.29, 1.82) is 0 Å². The van der Waals surface area contributed by atoms with Gasteiger partial charge in [0.2, 0.25) is 5.91 Å². The maximum Gasteiger partial charge on any atom is 0.233 e. The number of nitrogens with one attached hydrogen (secondary N) is 2. The summed E-state index contributed by atoms with van der Waals surface area (Å²) >= 11 is 0. The van der Waals surface area contributed by atoms with E-state index in [0.717, 1.165) is 41.2 Å². The molecular formula is C21H26N4O2. The SMILES string of the molecule is CCCNC(=O)CNCc1ccc(OCc2cn3cccc(C)c3n2)cc1. The number of carbonyl (C=O) groups is 1. The van der Waals surface area contributed by atoms with E-state index in [1.807, 2.05) is 67.0 Å². The third-order valence-corrected chi connectivity index (χ3v) is 4.22. The first kappa shape index (κ1) is 18.9. The Hall–Kier alpha value is -2.86. The fourth-order valence-electron chi connectivity index (χ4n) is 2.78. The van der Waals surface area contributed by atoms with Crippen molar-refractivity contribution in [2.24, 2.45) is 0 Å². The highest BCUT2D eigenvalue weighted by atomic mass is 16.5. The molecule has 0 atom stereocenters. The van der Waals surface area contributed by atoms with Crippen molar-refractivity contribution >= 4 is 11.6 Å². The zero-order chi connectivity index (χ0) is 19.1. The number of aryl methyl sites for hydroxylation is 1. The van der Waals surface area contributed by atoms with Crippen LogP contribution in [-0.2, 0) is 17.9 Å². The average Bonchev–Trinajstić information content (AvgIpc) is 3.10. The van der Waals surface area contributed by atoms with Gasteiger partial charge in [-0.3, -0.25) is 4.79 Å². The number of pyridine rings is 1. The Kier molecular flexibility index (Phi) is 6.44. The second kappa shape index (κ2) is 9.19. The van der Waals surface area contributed by atoms with Crippen LogP contribution in [-0.4, -0.2) is 28.4 Å². The summed E-state index contributed by atoms with van der Waals surface area (Å²) in [5, 5.41) is 5.99. The highest BCUT2D eigenvalue weighted by molar-refractivity contribution is 5.77. The quantitative estimate of drug-likeness (QED) is 0.611. The van der Waals surface area contributed by atoms with E-state index in [9.17, 15) is 4.79 Å². The Labute approximate surface area is 159 Å². The lowest BCUT2D eigenvalue weighted by atomic mass is 10.2. The van der Waals surface area contributed by atoms with Crippen molar-refractivity contribution in [2.45, 2.75) is 33.4 Å². The Morgan fingerprint density at radius 1 is 1.22 bits per heavy atom. The van der Waals surface area contributed by atoms with E-state index in [1.165, 1.54) is 0 Å². The lowest BCUT2D eigenvalue weighted by Gasteiger charge is -2.07. The number of ether oxygens (including phenoxy) is 1. The summed E-state index contributed by atoms with van der Waals surface area (Å²) in [6.07, 6.45) is 4.93. The second-order valence-corrected chi connectivity index (χ2v) is 6.54. The number of hydrogen-bond acceptors (Lipinski definition) is 4. The molecule has 142 valence electrons. The van der Waals surface area contributed by atoms with E-state index < -0.39 is 0 Å². The number of hydrogen-bond donors (Lipinski definition) is 2. The number of imidazole rings is 1. The largest absolute Gasteiger partial charge is 0.487 e. The monoisotopic (exact) mass is 366 g/mol. The maximum atomic E-state index is 11.6. The minimum atomic E-state index is 0.0273. The molecule has 2 heterocycles. The van der Waals surface area contributed by atoms with Crippen LogP contribution in [0.4, 0.5) is 0 Å². The van der Waals surface area contributed by atoms with Gasteiger partial charge in [0.05, 0.1) is 12.2 Å². The number of rotatable bonds is 9. The van der Waals surface area contributed by atoms with E-state index in [4.69, 9.17) is 4.74 Å². The van der Waals surface area contributed by atoms with Crippen molar-refractivity contribution in [3.63, 3.8) is 0 Å². The molecule has 0 saturated heterocycles. The maximum absolute atomic E-state index is 11.6. The zero-order valence-corrected chi connectivity index (χ0v) is 15.9. The van der Waals surface area contributed by atoms with Gasteiger partial charge in [-0.25, -0.2) is 4.98 Å². The number of benzene rings is 1. The minimum Gasteiger partial charge on any atom is -0.487 e. The van der Waals surface area contributed by atoms with E-state index in [-0.39, 0.29) is 5.91 Å². The predicted octanol–water partition coefficient (Wildman–Crippen LogP) is 2.84. The molecule has 27 heavy (non-hydrogen) atoms. The Bertz CT molecular complexity index is 887. The molecule has 0 radical (unpaired) electrons. The summed E-state index contributed by atoms with van der Waals surface area (Å²) in [5.74, 6) is 0.827. The fraction of sp³-hybridized carbons (Fsp3) is 0.333. The van der Waals surface area contributed by atoms with Crippen LogP contribution in [0, 0.1) is 6.92 Å². The second-order valence-electron chi connectivity index (χ2n) is 6.54. The van der Waals surface area contributed by atoms with Crippen LogP contribution in [0.3, 0.4) is 0 Å². The molecule has 2 N–H and O–H groups in total. The van der Waals surface area contributed by atoms with Gasteiger partial charge in [-0.2, -0.15) is 0 Å². The topological polar surface area (TPSA) is 67.7 Å². The molecule has 0 unspecified atom stereocenters. The number of fused-ring (bicyclic) bond motifs is 1. The normalized spacial score (nSPS) is 10.9. The van der Waals surface area contributed by atoms with Crippen molar-refractivity contribution in [1.82, 2.24) is 20.0 Å². The molecule has 1 amide bonds. The number of aromatic nitrogens is 2. The lowest BCUT2D eigenvalue weighted by molar-refractivity contribution is -0.120. The molecule has 0 aliphatic rings. The van der Waals surface area contributed by atoms with Gasteiger partial charge in [0.15, 0.2) is 0 Å². The summed E-state index contributed by atoms with van der Waals surface area (Å²) < 4.78 is 7.86. The van der Waals surface area contributed by atoms with Gasteiger partial charge < -0.3 is 19.8 Å². The summed E-state index contributed by atoms with van der Waals surface area (Å²) in [4.78, 5) is 16.2. The third-order valence-electron chi connectivity index (χ3n) is 4.22. The molecule has 3 aromatic rings. The van der Waals surface area contributed by atoms with E-state index >= 15 is 0 Å². The highest BCUT2D eigenvalue weighted by Crippen LogP contribution is 2.15. The van der Waals surface area contributed by atoms with Gasteiger partial charge >= 0.3 is 0 Å². The molecular weight excluding hydrogens is 340 g/mol. The average molecular weight is 366 g/mol. The lowest BCUT2D eigenvalue weighted by Crippen LogP contribution is -2.33. The minimum absolute atomic E-state index is 0.0273. The molecule has 0 spiro atoms. The molecule has 2 aromatic heterocycles. The van der Waals surface area contributed by atoms with Crippen LogP contribution in [0.2, 0.25) is 0 Å². The van der Waals surface area contributed by atoms with Crippen molar-refractivity contribution < 1.29 is 9.53 Å². The summed E-state index contributed by atoms with van der Waals surface area (Å²) in [6, 6.07) is 11.9. The molecule has 3 rings (SSSR count). The molecule has 1 aromatic carbocycles. The first-order valence-electron chi connectivity index (χ1n) is 9.28. The smallest absolute Gasteiger partial charge is 0.233 e. The Balaban J connectivity index is 1.47. The molecule has 0 aliphatic heterocycles. The number of amides is 1. The van der Waals surface area contributed by atoms with Gasteiger partial charge in [-0.1, -0.05) is 25.1 Å². The van der Waals surface area contributed by atoms with Crippen molar-refractivity contribution in [2.75, 3.05) is 13.1 Å². The van der Waals surface area contributed by atoms with E-state index in [0.29, 0.717) is 19.7 Å². The van der Waals surface area contributed by atoms with Gasteiger partial charge in [-0.15, -0.1) is 0 Å². The molecule has 6 nitrogen and oxygen atoms in total. The van der Waals surface area contributed by atoms with Crippen LogP contribution >= 0.6 is 0 Å². The third kappa shape index (κ3) is 5.31. The molecule has 0 aliphatic carbocycles. The van der Waals surface area contributed by atoms with Gasteiger partial charge in [-0.05, 0) is 42.7 Å². The Morgan fingerprint density at radius 2 is 2.04 bits per heavy atom. The van der Waals surface area contributed by atoms with Crippen LogP contribution in [0.1, 0.15) is 30.2 Å². The first-order chi connectivity index (χ1) is 13.2. The standard InChI is InChI=1S/C21H26N4O2/c1-3-10-23-20(26)13-22-12-17-6-8-19(9-7-17)27-15-18-14-25-11-4-5-16(2)21(25)24-18/h4-9,11,14,22H,3,10,12-13,15H2,1-2H3,(H,23,26). The van der Waals surface area contributed by atoms with Crippen LogP contribution in [0.5, 0.6) is 5.75 Å². The predicted molar refractivity (Wildman–Crippen MR) is 106 cm³/mol. The highest BCUT2D eigenvalue weighted by Gasteiger charge is 2.05. The van der Waals surface area contributed by atoms with Gasteiger partial charge in [0.1, 0.15) is 18.0 Å².